The van der Waals surface area contributed by atoms with Crippen LogP contribution in [0, 0.1) is 0 Å². The molecule has 2 aromatic heterocycles. The molecule has 0 saturated heterocycles. The number of hydrogen-bond donors (Lipinski definition) is 1. The number of rotatable bonds is 4. The quantitative estimate of drug-likeness (QED) is 0.701. The number of fused-ring (bicyclic) bond motifs is 2. The van der Waals surface area contributed by atoms with Gasteiger partial charge in [-0.15, -0.1) is 11.3 Å². The van der Waals surface area contributed by atoms with Crippen LogP contribution >= 0.6 is 11.3 Å². The number of anilines is 1. The van der Waals surface area contributed by atoms with Gasteiger partial charge in [0, 0.05) is 37.3 Å². The molecule has 146 valence electrons. The lowest BCUT2D eigenvalue weighted by Gasteiger charge is -2.27. The van der Waals surface area contributed by atoms with Crippen LogP contribution in [0.5, 0.6) is 0 Å². The van der Waals surface area contributed by atoms with E-state index in [9.17, 15) is 13.2 Å². The van der Waals surface area contributed by atoms with Crippen LogP contribution in [0.2, 0.25) is 0 Å². The molecule has 0 unspecified atom stereocenters. The number of para-hydroxylation sites is 1. The van der Waals surface area contributed by atoms with Crippen LogP contribution < -0.4 is 5.32 Å². The number of pyridine rings is 1. The Labute approximate surface area is 167 Å². The van der Waals surface area contributed by atoms with Gasteiger partial charge >= 0.3 is 0 Å². The summed E-state index contributed by atoms with van der Waals surface area (Å²) in [6.45, 7) is 0.633. The maximum Gasteiger partial charge on any atom is 0.281 e. The molecule has 10 heteroatoms. The minimum atomic E-state index is -3.47. The van der Waals surface area contributed by atoms with Crippen molar-refractivity contribution in [2.24, 2.45) is 0 Å². The monoisotopic (exact) mass is 417 g/mol. The van der Waals surface area contributed by atoms with E-state index in [1.54, 1.807) is 6.07 Å². The van der Waals surface area contributed by atoms with Gasteiger partial charge in [0.1, 0.15) is 5.69 Å². The first-order valence-corrected chi connectivity index (χ1v) is 10.9. The van der Waals surface area contributed by atoms with Crippen molar-refractivity contribution in [3.8, 4) is 0 Å². The van der Waals surface area contributed by atoms with Crippen LogP contribution in [0.15, 0.2) is 36.4 Å². The second-order valence-electron chi connectivity index (χ2n) is 6.61. The zero-order valence-electron chi connectivity index (χ0n) is 15.4. The number of carbonyl (C=O) groups is 1. The number of aromatic nitrogens is 2. The van der Waals surface area contributed by atoms with Gasteiger partial charge in [-0.25, -0.2) is 9.97 Å². The minimum absolute atomic E-state index is 0.262. The molecule has 1 aliphatic rings. The fourth-order valence-corrected chi connectivity index (χ4v) is 5.18. The molecule has 1 N–H and O–H groups in total. The maximum absolute atomic E-state index is 12.6. The van der Waals surface area contributed by atoms with Gasteiger partial charge in [-0.1, -0.05) is 24.3 Å². The molecule has 0 spiro atoms. The summed E-state index contributed by atoms with van der Waals surface area (Å²) < 4.78 is 27.3. The highest BCUT2D eigenvalue weighted by Crippen LogP contribution is 2.30. The van der Waals surface area contributed by atoms with Crippen molar-refractivity contribution in [3.63, 3.8) is 0 Å². The van der Waals surface area contributed by atoms with E-state index in [4.69, 9.17) is 0 Å². The van der Waals surface area contributed by atoms with Crippen LogP contribution in [0.1, 0.15) is 21.1 Å². The first-order valence-electron chi connectivity index (χ1n) is 8.68. The molecular weight excluding hydrogens is 398 g/mol. The molecule has 1 amide bonds. The predicted octanol–water partition coefficient (Wildman–Crippen LogP) is 2.11. The van der Waals surface area contributed by atoms with Gasteiger partial charge in [-0.05, 0) is 12.1 Å². The molecule has 0 aliphatic carbocycles. The van der Waals surface area contributed by atoms with Crippen LogP contribution in [0.3, 0.4) is 0 Å². The summed E-state index contributed by atoms with van der Waals surface area (Å²) >= 11 is 1.30. The topological polar surface area (TPSA) is 95.5 Å². The lowest BCUT2D eigenvalue weighted by molar-refractivity contribution is 0.102. The third-order valence-corrected chi connectivity index (χ3v) is 7.42. The van der Waals surface area contributed by atoms with E-state index in [0.29, 0.717) is 23.8 Å². The number of nitrogens with zero attached hydrogens (tertiary/aromatic N) is 4. The average molecular weight is 418 g/mol. The number of hydrogen-bond acceptors (Lipinski definition) is 6. The van der Waals surface area contributed by atoms with Crippen molar-refractivity contribution in [1.29, 1.82) is 0 Å². The Morgan fingerprint density at radius 3 is 2.75 bits per heavy atom. The standard InChI is InChI=1S/C18H19N5O3S2/c1-22(2)28(25,26)23-10-9-14-16(11-23)27-18(20-14)21-17(24)15-8-7-12-5-3-4-6-13(12)19-15/h3-8H,9-11H2,1-2H3,(H,20,21,24). The van der Waals surface area contributed by atoms with E-state index in [2.05, 4.69) is 15.3 Å². The van der Waals surface area contributed by atoms with Crippen LogP contribution in [0.25, 0.3) is 10.9 Å². The van der Waals surface area contributed by atoms with Gasteiger partial charge in [0.15, 0.2) is 5.13 Å². The summed E-state index contributed by atoms with van der Waals surface area (Å²) in [5.74, 6) is -0.338. The van der Waals surface area contributed by atoms with E-state index in [1.807, 2.05) is 30.3 Å². The molecule has 0 bridgehead atoms. The number of carbonyl (C=O) groups excluding carboxylic acids is 1. The number of nitrogens with one attached hydrogen (secondary N) is 1. The summed E-state index contributed by atoms with van der Waals surface area (Å²) in [5.41, 5.74) is 1.89. The van der Waals surface area contributed by atoms with Crippen molar-refractivity contribution in [3.05, 3.63) is 52.7 Å². The normalized spacial score (nSPS) is 15.0. The van der Waals surface area contributed by atoms with Crippen LogP contribution in [-0.4, -0.2) is 53.5 Å². The van der Waals surface area contributed by atoms with Crippen molar-refractivity contribution in [1.82, 2.24) is 18.6 Å². The van der Waals surface area contributed by atoms with Gasteiger partial charge < -0.3 is 0 Å². The third kappa shape index (κ3) is 3.51. The Kier molecular flexibility index (Phi) is 4.88. The highest BCUT2D eigenvalue weighted by molar-refractivity contribution is 7.86. The summed E-state index contributed by atoms with van der Waals surface area (Å²) in [7, 11) is -0.445. The third-order valence-electron chi connectivity index (χ3n) is 4.54. The fourth-order valence-electron chi connectivity index (χ4n) is 3.01. The molecule has 28 heavy (non-hydrogen) atoms. The van der Waals surface area contributed by atoms with Gasteiger partial charge in [0.2, 0.25) is 0 Å². The number of thiazole rings is 1. The van der Waals surface area contributed by atoms with Crippen molar-refractivity contribution < 1.29 is 13.2 Å². The van der Waals surface area contributed by atoms with Gasteiger partial charge in [-0.2, -0.15) is 17.0 Å². The fraction of sp³-hybridized carbons (Fsp3) is 0.278. The highest BCUT2D eigenvalue weighted by Gasteiger charge is 2.30. The zero-order valence-corrected chi connectivity index (χ0v) is 17.0. The summed E-state index contributed by atoms with van der Waals surface area (Å²) in [6, 6.07) is 11.1. The summed E-state index contributed by atoms with van der Waals surface area (Å²) in [6.07, 6.45) is 0.517. The average Bonchev–Trinajstić information content (AvgIpc) is 3.08. The first kappa shape index (κ1) is 18.9. The molecule has 4 rings (SSSR count). The van der Waals surface area contributed by atoms with Crippen molar-refractivity contribution >= 4 is 43.5 Å². The Balaban J connectivity index is 1.52. The number of benzene rings is 1. The van der Waals surface area contributed by atoms with Crippen molar-refractivity contribution in [2.75, 3.05) is 26.0 Å². The first-order chi connectivity index (χ1) is 13.3. The molecule has 8 nitrogen and oxygen atoms in total. The minimum Gasteiger partial charge on any atom is -0.296 e. The molecule has 0 saturated carbocycles. The van der Waals surface area contributed by atoms with Crippen molar-refractivity contribution in [2.45, 2.75) is 13.0 Å². The van der Waals surface area contributed by atoms with Crippen LogP contribution in [0.4, 0.5) is 5.13 Å². The molecule has 0 radical (unpaired) electrons. The molecule has 1 aliphatic heterocycles. The Morgan fingerprint density at radius 1 is 1.18 bits per heavy atom. The Morgan fingerprint density at radius 2 is 1.96 bits per heavy atom. The predicted molar refractivity (Wildman–Crippen MR) is 109 cm³/mol. The van der Waals surface area contributed by atoms with E-state index in [-0.39, 0.29) is 12.5 Å². The van der Waals surface area contributed by atoms with E-state index in [0.717, 1.165) is 21.5 Å². The zero-order chi connectivity index (χ0) is 19.9. The Bertz CT molecular complexity index is 1160. The number of amides is 1. The SMILES string of the molecule is CN(C)S(=O)(=O)N1CCc2nc(NC(=O)c3ccc4ccccc4n3)sc2C1. The lowest BCUT2D eigenvalue weighted by Crippen LogP contribution is -2.42. The molecule has 3 aromatic rings. The maximum atomic E-state index is 12.6. The largest absolute Gasteiger partial charge is 0.296 e. The van der Waals surface area contributed by atoms with Gasteiger partial charge in [0.05, 0.1) is 17.8 Å². The van der Waals surface area contributed by atoms with Crippen LogP contribution in [-0.2, 0) is 23.2 Å². The smallest absolute Gasteiger partial charge is 0.281 e. The van der Waals surface area contributed by atoms with Gasteiger partial charge in [-0.3, -0.25) is 10.1 Å². The van der Waals surface area contributed by atoms with E-state index < -0.39 is 10.2 Å². The van der Waals surface area contributed by atoms with E-state index in [1.165, 1.54) is 34.0 Å². The molecule has 0 atom stereocenters. The highest BCUT2D eigenvalue weighted by atomic mass is 32.2. The second-order valence-corrected chi connectivity index (χ2v) is 9.83. The van der Waals surface area contributed by atoms with E-state index >= 15 is 0 Å². The molecule has 1 aromatic carbocycles. The lowest BCUT2D eigenvalue weighted by atomic mass is 10.2. The Hall–Kier alpha value is -2.40. The van der Waals surface area contributed by atoms with Gasteiger partial charge in [0.25, 0.3) is 16.1 Å². The molecule has 0 fully saturated rings. The second kappa shape index (κ2) is 7.21. The summed E-state index contributed by atoms with van der Waals surface area (Å²) in [4.78, 5) is 22.3. The summed E-state index contributed by atoms with van der Waals surface area (Å²) in [5, 5.41) is 4.20. The molecular formula is C18H19N5O3S2. The molecule has 3 heterocycles.